The summed E-state index contributed by atoms with van der Waals surface area (Å²) in [4.78, 5) is 35.1. The maximum atomic E-state index is 12.7. The summed E-state index contributed by atoms with van der Waals surface area (Å²) >= 11 is 0. The first kappa shape index (κ1) is 16.4. The van der Waals surface area contributed by atoms with E-state index < -0.39 is 0 Å². The molecule has 0 radical (unpaired) electrons. The minimum Gasteiger partial charge on any atom is -0.469 e. The van der Waals surface area contributed by atoms with E-state index in [2.05, 4.69) is 9.97 Å². The van der Waals surface area contributed by atoms with Crippen LogP contribution in [0.4, 0.5) is 0 Å². The topological polar surface area (TPSA) is 72.4 Å². The lowest BCUT2D eigenvalue weighted by Crippen LogP contribution is -2.40. The molecule has 0 aliphatic carbocycles. The van der Waals surface area contributed by atoms with Gasteiger partial charge in [-0.25, -0.2) is 9.97 Å². The van der Waals surface area contributed by atoms with Crippen LogP contribution in [0.1, 0.15) is 34.6 Å². The van der Waals surface area contributed by atoms with E-state index in [-0.39, 0.29) is 17.8 Å². The van der Waals surface area contributed by atoms with E-state index in [1.54, 1.807) is 17.0 Å². The van der Waals surface area contributed by atoms with Crippen LogP contribution in [0, 0.1) is 19.8 Å². The zero-order valence-corrected chi connectivity index (χ0v) is 14.2. The lowest BCUT2D eigenvalue weighted by atomic mass is 9.96. The molecule has 24 heavy (non-hydrogen) atoms. The van der Waals surface area contributed by atoms with Crippen molar-refractivity contribution >= 4 is 22.9 Å². The van der Waals surface area contributed by atoms with Crippen molar-refractivity contribution < 1.29 is 14.3 Å². The smallest absolute Gasteiger partial charge is 0.308 e. The minimum absolute atomic E-state index is 0.0276. The quantitative estimate of drug-likeness (QED) is 0.791. The van der Waals surface area contributed by atoms with Crippen LogP contribution in [0.2, 0.25) is 0 Å². The van der Waals surface area contributed by atoms with Crippen LogP contribution in [-0.4, -0.2) is 46.9 Å². The number of carbonyl (C=O) groups is 2. The second-order valence-corrected chi connectivity index (χ2v) is 6.19. The molecule has 0 N–H and O–H groups in total. The van der Waals surface area contributed by atoms with Gasteiger partial charge < -0.3 is 9.64 Å². The number of piperidine rings is 1. The zero-order valence-electron chi connectivity index (χ0n) is 14.2. The molecule has 6 nitrogen and oxygen atoms in total. The maximum Gasteiger partial charge on any atom is 0.308 e. The van der Waals surface area contributed by atoms with Gasteiger partial charge in [-0.05, 0) is 44.9 Å². The summed E-state index contributed by atoms with van der Waals surface area (Å²) in [6.45, 7) is 4.96. The fraction of sp³-hybridized carbons (Fsp3) is 0.444. The van der Waals surface area contributed by atoms with Gasteiger partial charge in [-0.1, -0.05) is 0 Å². The van der Waals surface area contributed by atoms with Gasteiger partial charge in [-0.15, -0.1) is 0 Å². The second kappa shape index (κ2) is 6.55. The Labute approximate surface area is 140 Å². The van der Waals surface area contributed by atoms with Gasteiger partial charge in [0.05, 0.1) is 35.4 Å². The highest BCUT2D eigenvalue weighted by Crippen LogP contribution is 2.21. The molecule has 2 heterocycles. The molecule has 1 saturated heterocycles. The molecule has 1 aromatic heterocycles. The molecule has 0 atom stereocenters. The van der Waals surface area contributed by atoms with Gasteiger partial charge in [0.25, 0.3) is 5.91 Å². The molecule has 3 rings (SSSR count). The number of rotatable bonds is 2. The SMILES string of the molecule is COC(=O)C1CCN(C(=O)c2ccc3nc(C)c(C)nc3c2)CC1. The molecule has 6 heteroatoms. The standard InChI is InChI=1S/C18H21N3O3/c1-11-12(2)20-16-10-14(4-5-15(16)19-11)17(22)21-8-6-13(7-9-21)18(23)24-3/h4-5,10,13H,6-9H2,1-3H3. The Kier molecular flexibility index (Phi) is 4.46. The summed E-state index contributed by atoms with van der Waals surface area (Å²) in [5.74, 6) is -0.318. The lowest BCUT2D eigenvalue weighted by Gasteiger charge is -2.30. The van der Waals surface area contributed by atoms with Crippen molar-refractivity contribution in [3.63, 3.8) is 0 Å². The fourth-order valence-electron chi connectivity index (χ4n) is 3.03. The monoisotopic (exact) mass is 327 g/mol. The molecule has 1 fully saturated rings. The Morgan fingerprint density at radius 3 is 2.33 bits per heavy atom. The van der Waals surface area contributed by atoms with Gasteiger partial charge >= 0.3 is 5.97 Å². The number of hydrogen-bond acceptors (Lipinski definition) is 5. The van der Waals surface area contributed by atoms with Crippen molar-refractivity contribution in [3.05, 3.63) is 35.2 Å². The molecule has 1 amide bonds. The number of methoxy groups -OCH3 is 1. The summed E-state index contributed by atoms with van der Waals surface area (Å²) in [6.07, 6.45) is 1.29. The Morgan fingerprint density at radius 1 is 1.08 bits per heavy atom. The third kappa shape index (κ3) is 3.09. The highest BCUT2D eigenvalue weighted by molar-refractivity contribution is 5.97. The largest absolute Gasteiger partial charge is 0.469 e. The van der Waals surface area contributed by atoms with Crippen molar-refractivity contribution in [2.24, 2.45) is 5.92 Å². The Bertz CT molecular complexity index is 795. The highest BCUT2D eigenvalue weighted by Gasteiger charge is 2.28. The molecule has 0 unspecified atom stereocenters. The molecular formula is C18H21N3O3. The average Bonchev–Trinajstić information content (AvgIpc) is 2.61. The van der Waals surface area contributed by atoms with E-state index in [0.717, 1.165) is 22.4 Å². The van der Waals surface area contributed by atoms with Gasteiger partial charge in [-0.3, -0.25) is 9.59 Å². The molecule has 1 aliphatic rings. The van der Waals surface area contributed by atoms with Crippen molar-refractivity contribution in [2.75, 3.05) is 20.2 Å². The molecule has 1 aromatic carbocycles. The first-order valence-electron chi connectivity index (χ1n) is 8.11. The van der Waals surface area contributed by atoms with Crippen LogP contribution in [-0.2, 0) is 9.53 Å². The number of likely N-dealkylation sites (tertiary alicyclic amines) is 1. The van der Waals surface area contributed by atoms with Crippen LogP contribution >= 0.6 is 0 Å². The number of benzene rings is 1. The number of fused-ring (bicyclic) bond motifs is 1. The maximum absolute atomic E-state index is 12.7. The summed E-state index contributed by atoms with van der Waals surface area (Å²) in [6, 6.07) is 5.42. The van der Waals surface area contributed by atoms with Crippen LogP contribution < -0.4 is 0 Å². The van der Waals surface area contributed by atoms with Gasteiger partial charge in [0.2, 0.25) is 0 Å². The number of ether oxygens (including phenoxy) is 1. The van der Waals surface area contributed by atoms with Crippen LogP contribution in [0.5, 0.6) is 0 Å². The molecule has 126 valence electrons. The number of aryl methyl sites for hydroxylation is 2. The number of nitrogens with zero attached hydrogens (tertiary/aromatic N) is 3. The Hall–Kier alpha value is -2.50. The van der Waals surface area contributed by atoms with Crippen molar-refractivity contribution in [3.8, 4) is 0 Å². The summed E-state index contributed by atoms with van der Waals surface area (Å²) < 4.78 is 4.78. The summed E-state index contributed by atoms with van der Waals surface area (Å²) in [7, 11) is 1.40. The van der Waals surface area contributed by atoms with Crippen molar-refractivity contribution in [1.29, 1.82) is 0 Å². The van der Waals surface area contributed by atoms with E-state index in [9.17, 15) is 9.59 Å². The number of carbonyl (C=O) groups excluding carboxylic acids is 2. The number of hydrogen-bond donors (Lipinski definition) is 0. The third-order valence-electron chi connectivity index (χ3n) is 4.64. The average molecular weight is 327 g/mol. The molecule has 2 aromatic rings. The second-order valence-electron chi connectivity index (χ2n) is 6.19. The van der Waals surface area contributed by atoms with Gasteiger partial charge in [-0.2, -0.15) is 0 Å². The van der Waals surface area contributed by atoms with Crippen molar-refractivity contribution in [2.45, 2.75) is 26.7 Å². The number of amides is 1. The third-order valence-corrected chi connectivity index (χ3v) is 4.64. The van der Waals surface area contributed by atoms with E-state index in [1.807, 2.05) is 19.9 Å². The van der Waals surface area contributed by atoms with E-state index >= 15 is 0 Å². The Morgan fingerprint density at radius 2 is 1.71 bits per heavy atom. The summed E-state index contributed by atoms with van der Waals surface area (Å²) in [5, 5.41) is 0. The molecule has 1 aliphatic heterocycles. The first-order chi connectivity index (χ1) is 11.5. The number of aromatic nitrogens is 2. The van der Waals surface area contributed by atoms with E-state index in [4.69, 9.17) is 4.74 Å². The first-order valence-corrected chi connectivity index (χ1v) is 8.11. The molecular weight excluding hydrogens is 306 g/mol. The van der Waals surface area contributed by atoms with E-state index in [1.165, 1.54) is 7.11 Å². The summed E-state index contributed by atoms with van der Waals surface area (Å²) in [5.41, 5.74) is 3.89. The lowest BCUT2D eigenvalue weighted by molar-refractivity contribution is -0.146. The van der Waals surface area contributed by atoms with Crippen LogP contribution in [0.15, 0.2) is 18.2 Å². The van der Waals surface area contributed by atoms with E-state index in [0.29, 0.717) is 31.5 Å². The number of esters is 1. The van der Waals surface area contributed by atoms with Crippen LogP contribution in [0.3, 0.4) is 0 Å². The predicted octanol–water partition coefficient (Wildman–Crippen LogP) is 2.27. The van der Waals surface area contributed by atoms with Gasteiger partial charge in [0, 0.05) is 18.7 Å². The highest BCUT2D eigenvalue weighted by atomic mass is 16.5. The normalized spacial score (nSPS) is 15.5. The zero-order chi connectivity index (χ0) is 17.3. The molecule has 0 saturated carbocycles. The van der Waals surface area contributed by atoms with Gasteiger partial charge in [0.1, 0.15) is 0 Å². The van der Waals surface area contributed by atoms with Crippen LogP contribution in [0.25, 0.3) is 11.0 Å². The Balaban J connectivity index is 1.77. The molecule has 0 spiro atoms. The minimum atomic E-state index is -0.186. The van der Waals surface area contributed by atoms with Crippen molar-refractivity contribution in [1.82, 2.24) is 14.9 Å². The van der Waals surface area contributed by atoms with Gasteiger partial charge in [0.15, 0.2) is 0 Å². The predicted molar refractivity (Wildman–Crippen MR) is 89.7 cm³/mol. The molecule has 0 bridgehead atoms. The fourth-order valence-corrected chi connectivity index (χ4v) is 3.03.